The second-order valence-corrected chi connectivity index (χ2v) is 12.2. The van der Waals surface area contributed by atoms with Crippen molar-refractivity contribution in [2.45, 2.75) is 6.10 Å². The minimum atomic E-state index is -3.38. The molecule has 12 heteroatoms. The third-order valence-corrected chi connectivity index (χ3v) is 6.66. The van der Waals surface area contributed by atoms with E-state index in [2.05, 4.69) is 25.1 Å². The highest BCUT2D eigenvalue weighted by Gasteiger charge is 2.10. The lowest BCUT2D eigenvalue weighted by atomic mass is 10.1. The average Bonchev–Trinajstić information content (AvgIpc) is 3.13. The number of aliphatic hydroxyl groups excluding tert-OH is 1. The molecule has 0 amide bonds. The van der Waals surface area contributed by atoms with Gasteiger partial charge in [-0.1, -0.05) is 24.3 Å². The number of aromatic nitrogens is 1. The van der Waals surface area contributed by atoms with Crippen molar-refractivity contribution in [3.63, 3.8) is 0 Å². The Morgan fingerprint density at radius 2 is 1.36 bits per heavy atom. The lowest BCUT2D eigenvalue weighted by Gasteiger charge is -2.14. The molecule has 1 atom stereocenters. The summed E-state index contributed by atoms with van der Waals surface area (Å²) in [6, 6.07) is 18.1. The van der Waals surface area contributed by atoms with E-state index in [-0.39, 0.29) is 0 Å². The summed E-state index contributed by atoms with van der Waals surface area (Å²) >= 11 is 0. The van der Waals surface area contributed by atoms with Gasteiger partial charge in [0.1, 0.15) is 0 Å². The fraction of sp³-hybridized carbons (Fsp3) is 0.250. The van der Waals surface area contributed by atoms with E-state index in [1.165, 1.54) is 0 Å². The first kappa shape index (κ1) is 25.8. The number of hydrogen-bond donors (Lipinski definition) is 6. The zero-order valence-electron chi connectivity index (χ0n) is 19.9. The Morgan fingerprint density at radius 1 is 0.778 bits per heavy atom. The van der Waals surface area contributed by atoms with Crippen molar-refractivity contribution in [2.75, 3.05) is 46.9 Å². The lowest BCUT2D eigenvalue weighted by Crippen LogP contribution is -2.27. The van der Waals surface area contributed by atoms with Crippen LogP contribution in [0.5, 0.6) is 0 Å². The number of anilines is 3. The molecule has 10 nitrogen and oxygen atoms in total. The van der Waals surface area contributed by atoms with E-state index < -0.39 is 26.2 Å². The molecule has 0 radical (unpaired) electrons. The van der Waals surface area contributed by atoms with Crippen LogP contribution in [0.2, 0.25) is 0 Å². The molecule has 0 bridgehead atoms. The predicted molar refractivity (Wildman–Crippen MR) is 145 cm³/mol. The van der Waals surface area contributed by atoms with Crippen LogP contribution in [-0.2, 0) is 20.0 Å². The molecule has 4 rings (SSSR count). The maximum Gasteiger partial charge on any atom is 0.229 e. The van der Waals surface area contributed by atoms with Gasteiger partial charge >= 0.3 is 0 Å². The van der Waals surface area contributed by atoms with Crippen molar-refractivity contribution in [2.24, 2.45) is 0 Å². The normalized spacial score (nSPS) is 13.1. The highest BCUT2D eigenvalue weighted by atomic mass is 32.2. The molecule has 4 aromatic rings. The zero-order valence-corrected chi connectivity index (χ0v) is 21.5. The minimum absolute atomic E-state index is 0.314. The van der Waals surface area contributed by atoms with Crippen LogP contribution in [-0.4, -0.2) is 59.1 Å². The molecule has 3 aromatic carbocycles. The molecule has 36 heavy (non-hydrogen) atoms. The quantitative estimate of drug-likeness (QED) is 0.163. The number of fused-ring (bicyclic) bond motifs is 3. The third-order valence-electron chi connectivity index (χ3n) is 5.45. The van der Waals surface area contributed by atoms with Crippen LogP contribution in [0.3, 0.4) is 0 Å². The van der Waals surface area contributed by atoms with Gasteiger partial charge in [0.15, 0.2) is 0 Å². The lowest BCUT2D eigenvalue weighted by molar-refractivity contribution is 0.175. The van der Waals surface area contributed by atoms with Crippen molar-refractivity contribution >= 4 is 58.9 Å². The van der Waals surface area contributed by atoms with E-state index in [1.54, 1.807) is 36.4 Å². The van der Waals surface area contributed by atoms with Gasteiger partial charge in [-0.3, -0.25) is 9.44 Å². The fourth-order valence-electron chi connectivity index (χ4n) is 3.97. The van der Waals surface area contributed by atoms with Gasteiger partial charge in [0.05, 0.1) is 24.3 Å². The van der Waals surface area contributed by atoms with Crippen molar-refractivity contribution in [1.82, 2.24) is 10.3 Å². The SMILES string of the molecule is CS(=O)(=O)Nc1cccc(C(O)CNCCNc2ccc3c(c2)[nH]c2cc(NS(C)(=O)=O)ccc23)c1. The highest BCUT2D eigenvalue weighted by Crippen LogP contribution is 2.29. The topological polar surface area (TPSA) is 152 Å². The number of H-pyrrole nitrogens is 1. The number of hydrogen-bond acceptors (Lipinski definition) is 7. The van der Waals surface area contributed by atoms with E-state index in [0.717, 1.165) is 40.0 Å². The van der Waals surface area contributed by atoms with Crippen LogP contribution in [0.4, 0.5) is 17.1 Å². The summed E-state index contributed by atoms with van der Waals surface area (Å²) in [5, 5.41) is 19.0. The molecular weight excluding hydrogens is 502 g/mol. The molecule has 0 aliphatic carbocycles. The second kappa shape index (κ2) is 10.3. The van der Waals surface area contributed by atoms with Gasteiger partial charge in [-0.15, -0.1) is 0 Å². The first-order valence-corrected chi connectivity index (χ1v) is 15.0. The summed E-state index contributed by atoms with van der Waals surface area (Å²) in [7, 11) is -6.73. The molecule has 0 aliphatic rings. The minimum Gasteiger partial charge on any atom is -0.387 e. The average molecular weight is 532 g/mol. The smallest absolute Gasteiger partial charge is 0.229 e. The number of benzene rings is 3. The predicted octanol–water partition coefficient (Wildman–Crippen LogP) is 2.80. The summed E-state index contributed by atoms with van der Waals surface area (Å²) in [5.41, 5.74) is 4.21. The van der Waals surface area contributed by atoms with Crippen LogP contribution in [0.1, 0.15) is 11.7 Å². The molecule has 6 N–H and O–H groups in total. The standard InChI is InChI=1S/C24H29N5O5S2/c1-35(31,32)28-18-5-3-4-16(12-18)24(30)15-25-10-11-26-17-6-8-20-21-9-7-19(29-36(2,33)34)14-23(21)27-22(20)13-17/h3-9,12-14,24-30H,10-11,15H2,1-2H3. The maximum atomic E-state index is 11.5. The Morgan fingerprint density at radius 3 is 2.00 bits per heavy atom. The first-order chi connectivity index (χ1) is 17.0. The van der Waals surface area contributed by atoms with Crippen LogP contribution < -0.4 is 20.1 Å². The Kier molecular flexibility index (Phi) is 7.41. The summed E-state index contributed by atoms with van der Waals surface area (Å²) in [5.74, 6) is 0. The number of aromatic amines is 1. The molecule has 0 saturated carbocycles. The molecule has 0 aliphatic heterocycles. The Bertz CT molecular complexity index is 1600. The maximum absolute atomic E-state index is 11.5. The van der Waals surface area contributed by atoms with Crippen LogP contribution >= 0.6 is 0 Å². The van der Waals surface area contributed by atoms with E-state index in [4.69, 9.17) is 0 Å². The third kappa shape index (κ3) is 6.88. The van der Waals surface area contributed by atoms with Crippen LogP contribution in [0, 0.1) is 0 Å². The summed E-state index contributed by atoms with van der Waals surface area (Å²) in [6.07, 6.45) is 1.42. The van der Waals surface area contributed by atoms with Gasteiger partial charge in [-0.05, 0) is 42.0 Å². The second-order valence-electron chi connectivity index (χ2n) is 8.67. The monoisotopic (exact) mass is 531 g/mol. The number of sulfonamides is 2. The number of nitrogens with one attached hydrogen (secondary N) is 5. The molecule has 0 fully saturated rings. The molecule has 0 saturated heterocycles. The Hall–Kier alpha value is -3.32. The Labute approximate surface area is 210 Å². The summed E-state index contributed by atoms with van der Waals surface area (Å²) in [4.78, 5) is 3.33. The van der Waals surface area contributed by atoms with Crippen LogP contribution in [0.15, 0.2) is 60.7 Å². The number of aliphatic hydroxyl groups is 1. The van der Waals surface area contributed by atoms with Crippen molar-refractivity contribution in [1.29, 1.82) is 0 Å². The van der Waals surface area contributed by atoms with Crippen molar-refractivity contribution in [3.8, 4) is 0 Å². The zero-order chi connectivity index (χ0) is 25.9. The molecule has 1 aromatic heterocycles. The summed E-state index contributed by atoms with van der Waals surface area (Å²) < 4.78 is 50.7. The van der Waals surface area contributed by atoms with Gasteiger partial charge < -0.3 is 20.7 Å². The van der Waals surface area contributed by atoms with E-state index >= 15 is 0 Å². The van der Waals surface area contributed by atoms with Crippen molar-refractivity contribution in [3.05, 3.63) is 66.2 Å². The first-order valence-electron chi connectivity index (χ1n) is 11.2. The molecular formula is C24H29N5O5S2. The largest absolute Gasteiger partial charge is 0.387 e. The van der Waals surface area contributed by atoms with Gasteiger partial charge in [0.2, 0.25) is 20.0 Å². The Balaban J connectivity index is 1.31. The van der Waals surface area contributed by atoms with E-state index in [1.807, 2.05) is 24.3 Å². The van der Waals surface area contributed by atoms with Gasteiger partial charge in [0, 0.05) is 52.8 Å². The van der Waals surface area contributed by atoms with Gasteiger partial charge in [0.25, 0.3) is 0 Å². The highest BCUT2D eigenvalue weighted by molar-refractivity contribution is 7.92. The number of rotatable bonds is 11. The molecule has 192 valence electrons. The van der Waals surface area contributed by atoms with Crippen molar-refractivity contribution < 1.29 is 21.9 Å². The summed E-state index contributed by atoms with van der Waals surface area (Å²) in [6.45, 7) is 1.54. The van der Waals surface area contributed by atoms with E-state index in [0.29, 0.717) is 36.6 Å². The van der Waals surface area contributed by atoms with Gasteiger partial charge in [-0.2, -0.15) is 0 Å². The van der Waals surface area contributed by atoms with Crippen LogP contribution in [0.25, 0.3) is 21.8 Å². The molecule has 0 spiro atoms. The molecule has 1 unspecified atom stereocenters. The van der Waals surface area contributed by atoms with Gasteiger partial charge in [-0.25, -0.2) is 16.8 Å². The fourth-order valence-corrected chi connectivity index (χ4v) is 5.08. The molecule has 1 heterocycles. The van der Waals surface area contributed by atoms with E-state index in [9.17, 15) is 21.9 Å².